The summed E-state index contributed by atoms with van der Waals surface area (Å²) in [6.07, 6.45) is 7.20. The predicted octanol–water partition coefficient (Wildman–Crippen LogP) is 2.35. The van der Waals surface area contributed by atoms with Crippen LogP contribution in [0.1, 0.15) is 25.7 Å². The first-order valence-electron chi connectivity index (χ1n) is 10.0. The summed E-state index contributed by atoms with van der Waals surface area (Å²) in [7, 11) is 1.45. The average Bonchev–Trinajstić information content (AvgIpc) is 3.10. The zero-order valence-corrected chi connectivity index (χ0v) is 20.9. The predicted molar refractivity (Wildman–Crippen MR) is 108 cm³/mol. The van der Waals surface area contributed by atoms with Gasteiger partial charge < -0.3 is 0 Å². The van der Waals surface area contributed by atoms with Gasteiger partial charge in [-0.3, -0.25) is 0 Å². The summed E-state index contributed by atoms with van der Waals surface area (Å²) in [5.74, 6) is 1.07. The van der Waals surface area contributed by atoms with Crippen molar-refractivity contribution in [2.75, 3.05) is 12.4 Å². The molecule has 0 aliphatic heterocycles. The standard InChI is InChI=1S/C20H20FN6O2.Tl/c1-29-20(28)15-10-2-4-11(5-3-10)16(15)24-14-6-7-22-19(25-14)17-13-8-12(21)9-23-18(13)27-26-17;/h6-11,15-16H,2-5H2,1H3,(H-,22,23,24,25,26,27);/q-1;+1/t10?,11?,15-,16?;/m1./s1. The topological polar surface area (TPSA) is 94.8 Å². The molecule has 3 aromatic heterocycles. The van der Waals surface area contributed by atoms with Gasteiger partial charge in [-0.1, -0.05) is 0 Å². The number of esters is 1. The van der Waals surface area contributed by atoms with Crippen LogP contribution in [0, 0.1) is 23.6 Å². The molecular formula is C20H20FN6O2Tl. The van der Waals surface area contributed by atoms with Crippen molar-refractivity contribution in [2.45, 2.75) is 31.7 Å². The van der Waals surface area contributed by atoms with Crippen molar-refractivity contribution in [1.29, 1.82) is 0 Å². The first kappa shape index (κ1) is 19.8. The molecule has 3 fully saturated rings. The molecule has 0 aromatic carbocycles. The van der Waals surface area contributed by atoms with Crippen LogP contribution in [0.2, 0.25) is 0 Å². The van der Waals surface area contributed by atoms with Crippen molar-refractivity contribution in [2.24, 2.45) is 17.8 Å². The van der Waals surface area contributed by atoms with Gasteiger partial charge in [-0.2, -0.15) is 0 Å². The minimum atomic E-state index is -0.421. The van der Waals surface area contributed by atoms with E-state index in [4.69, 9.17) is 4.74 Å². The second-order valence-electron chi connectivity index (χ2n) is 7.98. The Kier molecular flexibility index (Phi) is 5.15. The number of hydrogen-bond acceptors (Lipinski definition) is 7. The minimum absolute atomic E-state index is 0.0128. The van der Waals surface area contributed by atoms with E-state index in [-0.39, 0.29) is 17.9 Å². The van der Waals surface area contributed by atoms with Crippen LogP contribution in [-0.2, 0) is 9.53 Å². The molecule has 2 bridgehead atoms. The van der Waals surface area contributed by atoms with E-state index >= 15 is 0 Å². The normalized spacial score (nSPS) is 25.4. The summed E-state index contributed by atoms with van der Waals surface area (Å²) in [5, 5.41) is 8.60. The molecule has 0 spiro atoms. The van der Waals surface area contributed by atoms with Gasteiger partial charge in [0.25, 0.3) is 0 Å². The number of carbonyl (C=O) groups is 1. The Morgan fingerprint density at radius 2 is 2.03 bits per heavy atom. The number of nitrogens with zero attached hydrogens (tertiary/aromatic N) is 5. The monoisotopic (exact) mass is 600 g/mol. The van der Waals surface area contributed by atoms with Crippen molar-refractivity contribution >= 4 is 48.9 Å². The molecule has 8 nitrogen and oxygen atoms in total. The molecule has 2 atom stereocenters. The first-order valence-corrected chi connectivity index (χ1v) is 12.0. The van der Waals surface area contributed by atoms with Crippen molar-refractivity contribution in [1.82, 2.24) is 22.5 Å². The fourth-order valence-corrected chi connectivity index (χ4v) is 6.27. The van der Waals surface area contributed by atoms with E-state index in [1.807, 2.05) is 0 Å². The fourth-order valence-electron chi connectivity index (χ4n) is 5.02. The van der Waals surface area contributed by atoms with E-state index in [9.17, 15) is 9.18 Å². The molecule has 1 unspecified atom stereocenters. The maximum atomic E-state index is 13.8. The van der Waals surface area contributed by atoms with Crippen LogP contribution in [0.4, 0.5) is 10.2 Å². The molecule has 10 heteroatoms. The number of methoxy groups -OCH3 is 1. The van der Waals surface area contributed by atoms with Crippen molar-refractivity contribution < 1.29 is 13.9 Å². The van der Waals surface area contributed by atoms with Crippen LogP contribution < -0.4 is 5.32 Å². The summed E-state index contributed by atoms with van der Waals surface area (Å²) < 4.78 is 20.6. The van der Waals surface area contributed by atoms with E-state index in [1.54, 1.807) is 14.8 Å². The number of pyridine rings is 1. The second-order valence-corrected chi connectivity index (χ2v) is 9.88. The van der Waals surface area contributed by atoms with E-state index in [0.29, 0.717) is 66.3 Å². The summed E-state index contributed by atoms with van der Waals surface area (Å²) in [6.45, 7) is 0. The SMILES string of the molecule is COC(=O)[C@@H]1C2CCC(CC2)C1Nc1ccnc(-c2n[n]([Tl])c3ncc(F)cc23)n1. The van der Waals surface area contributed by atoms with Crippen molar-refractivity contribution in [3.63, 3.8) is 0 Å². The molecule has 6 rings (SSSR count). The number of carbonyl (C=O) groups excluding carboxylic acids is 1. The summed E-state index contributed by atoms with van der Waals surface area (Å²) in [5.41, 5.74) is 1.14. The Hall–Kier alpha value is -2.18. The number of anilines is 1. The second kappa shape index (κ2) is 7.82. The number of halogens is 1. The average molecular weight is 600 g/mol. The third-order valence-corrected chi connectivity index (χ3v) is 7.79. The van der Waals surface area contributed by atoms with Gasteiger partial charge in [-0.25, -0.2) is 0 Å². The van der Waals surface area contributed by atoms with Gasteiger partial charge in [-0.05, 0) is 0 Å². The quantitative estimate of drug-likeness (QED) is 0.364. The zero-order chi connectivity index (χ0) is 20.8. The van der Waals surface area contributed by atoms with Gasteiger partial charge in [0.1, 0.15) is 0 Å². The molecule has 3 heterocycles. The zero-order valence-electron chi connectivity index (χ0n) is 16.5. The Balaban J connectivity index is 1.49. The van der Waals surface area contributed by atoms with Crippen LogP contribution in [0.5, 0.6) is 0 Å². The fraction of sp³-hybridized carbons (Fsp3) is 0.450. The summed E-state index contributed by atoms with van der Waals surface area (Å²) in [4.78, 5) is 25.6. The molecular weight excluding hydrogens is 580 g/mol. The summed E-state index contributed by atoms with van der Waals surface area (Å²) >= 11 is 0.379. The molecule has 0 amide bonds. The Morgan fingerprint density at radius 3 is 2.80 bits per heavy atom. The molecule has 3 aliphatic rings. The molecule has 1 N–H and O–H groups in total. The van der Waals surface area contributed by atoms with Crippen LogP contribution in [0.15, 0.2) is 24.5 Å². The molecule has 0 radical (unpaired) electrons. The molecule has 152 valence electrons. The maximum absolute atomic E-state index is 13.8. The van der Waals surface area contributed by atoms with Crippen LogP contribution >= 0.6 is 0 Å². The molecule has 3 aliphatic carbocycles. The summed E-state index contributed by atoms with van der Waals surface area (Å²) in [6, 6.07) is 3.20. The number of fused-ring (bicyclic) bond motifs is 4. The molecule has 3 saturated carbocycles. The Labute approximate surface area is 188 Å². The molecule has 3 aromatic rings. The van der Waals surface area contributed by atoms with Crippen molar-refractivity contribution in [3.05, 3.63) is 30.3 Å². The van der Waals surface area contributed by atoms with Gasteiger partial charge in [0.15, 0.2) is 0 Å². The van der Waals surface area contributed by atoms with Gasteiger partial charge in [0.2, 0.25) is 0 Å². The van der Waals surface area contributed by atoms with Crippen LogP contribution in [0.25, 0.3) is 22.6 Å². The van der Waals surface area contributed by atoms with Crippen molar-refractivity contribution in [3.8, 4) is 11.5 Å². The van der Waals surface area contributed by atoms with Crippen LogP contribution in [0.3, 0.4) is 0 Å². The number of rotatable bonds is 4. The number of nitrogens with one attached hydrogen (secondary N) is 1. The van der Waals surface area contributed by atoms with E-state index < -0.39 is 5.82 Å². The van der Waals surface area contributed by atoms with Gasteiger partial charge in [0, 0.05) is 0 Å². The Bertz CT molecular complexity index is 1110. The van der Waals surface area contributed by atoms with Gasteiger partial charge in [0.05, 0.1) is 0 Å². The van der Waals surface area contributed by atoms with E-state index in [1.165, 1.54) is 19.4 Å². The van der Waals surface area contributed by atoms with Crippen LogP contribution in [-0.4, -0.2) is 67.7 Å². The van der Waals surface area contributed by atoms with E-state index in [0.717, 1.165) is 25.7 Å². The van der Waals surface area contributed by atoms with E-state index in [2.05, 4.69) is 25.4 Å². The third kappa shape index (κ3) is 3.36. The van der Waals surface area contributed by atoms with Gasteiger partial charge in [-0.15, -0.1) is 0 Å². The third-order valence-electron chi connectivity index (χ3n) is 6.39. The Morgan fingerprint density at radius 1 is 1.27 bits per heavy atom. The number of hydrogen-bond donors (Lipinski definition) is 1. The molecule has 30 heavy (non-hydrogen) atoms. The number of ether oxygens (including phenoxy) is 1. The molecule has 0 saturated heterocycles. The van der Waals surface area contributed by atoms with Gasteiger partial charge >= 0.3 is 189 Å². The first-order chi connectivity index (χ1) is 14.5. The number of aromatic nitrogens is 5.